The summed E-state index contributed by atoms with van der Waals surface area (Å²) in [6.07, 6.45) is 2.39. The van der Waals surface area contributed by atoms with Crippen LogP contribution in [0, 0.1) is 0 Å². The van der Waals surface area contributed by atoms with Crippen LogP contribution in [0.25, 0.3) is 11.1 Å². The Balaban J connectivity index is 1.44. The van der Waals surface area contributed by atoms with Crippen molar-refractivity contribution in [1.29, 1.82) is 0 Å². The molecule has 0 fully saturated rings. The quantitative estimate of drug-likeness (QED) is 0.552. The second-order valence-electron chi connectivity index (χ2n) is 8.07. The fraction of sp³-hybridized carbons (Fsp3) is 0.308. The van der Waals surface area contributed by atoms with E-state index in [2.05, 4.69) is 92.6 Å². The van der Waals surface area contributed by atoms with Crippen LogP contribution in [-0.4, -0.2) is 25.0 Å². The van der Waals surface area contributed by atoms with Gasteiger partial charge in [0.1, 0.15) is 12.4 Å². The van der Waals surface area contributed by atoms with Crippen molar-refractivity contribution in [2.24, 2.45) is 0 Å². The Morgan fingerprint density at radius 1 is 0.893 bits per heavy atom. The van der Waals surface area contributed by atoms with E-state index < -0.39 is 0 Å². The fourth-order valence-electron chi connectivity index (χ4n) is 4.37. The van der Waals surface area contributed by atoms with E-state index in [0.29, 0.717) is 18.6 Å². The maximum Gasteiger partial charge on any atom is 0.120 e. The molecule has 0 aliphatic heterocycles. The molecule has 0 aromatic heterocycles. The van der Waals surface area contributed by atoms with Gasteiger partial charge in [0.05, 0.1) is 0 Å². The summed E-state index contributed by atoms with van der Waals surface area (Å²) >= 11 is 0. The predicted octanol–water partition coefficient (Wildman–Crippen LogP) is 5.91. The van der Waals surface area contributed by atoms with Crippen LogP contribution in [0.2, 0.25) is 0 Å². The standard InChI is InChI=1S/C26H29NO/c1-19-25-17-24(15-13-23(25)14-16-26(19)27(2)3)28-18-20-9-11-22(12-10-20)21-7-5-4-6-8-21/h4-13,15,17,19,26H,14,16,18H2,1-3H3. The third kappa shape index (κ3) is 3.98. The van der Waals surface area contributed by atoms with E-state index in [4.69, 9.17) is 4.74 Å². The smallest absolute Gasteiger partial charge is 0.120 e. The Morgan fingerprint density at radius 3 is 2.32 bits per heavy atom. The molecule has 4 rings (SSSR count). The topological polar surface area (TPSA) is 12.5 Å². The second kappa shape index (κ2) is 8.20. The molecule has 0 N–H and O–H groups in total. The molecular weight excluding hydrogens is 342 g/mol. The Kier molecular flexibility index (Phi) is 5.50. The Labute approximate surface area is 168 Å². The molecule has 144 valence electrons. The van der Waals surface area contributed by atoms with Gasteiger partial charge in [0, 0.05) is 6.04 Å². The third-order valence-corrected chi connectivity index (χ3v) is 6.02. The SMILES string of the molecule is CC1c2cc(OCc3ccc(-c4ccccc4)cc3)ccc2CCC1N(C)C. The maximum absolute atomic E-state index is 6.13. The van der Waals surface area contributed by atoms with Gasteiger partial charge in [0.25, 0.3) is 0 Å². The first kappa shape index (κ1) is 18.8. The summed E-state index contributed by atoms with van der Waals surface area (Å²) in [5, 5.41) is 0. The van der Waals surface area contributed by atoms with Crippen LogP contribution >= 0.6 is 0 Å². The molecule has 2 atom stereocenters. The molecule has 0 bridgehead atoms. The molecule has 2 unspecified atom stereocenters. The van der Waals surface area contributed by atoms with Crippen molar-refractivity contribution in [1.82, 2.24) is 4.90 Å². The first-order chi connectivity index (χ1) is 13.6. The van der Waals surface area contributed by atoms with Gasteiger partial charge in [-0.1, -0.05) is 67.6 Å². The molecule has 0 spiro atoms. The van der Waals surface area contributed by atoms with E-state index in [1.807, 2.05) is 6.07 Å². The van der Waals surface area contributed by atoms with Gasteiger partial charge in [0.15, 0.2) is 0 Å². The minimum atomic E-state index is 0.535. The van der Waals surface area contributed by atoms with Crippen molar-refractivity contribution in [2.75, 3.05) is 14.1 Å². The van der Waals surface area contributed by atoms with Crippen molar-refractivity contribution in [3.8, 4) is 16.9 Å². The van der Waals surface area contributed by atoms with Gasteiger partial charge in [-0.3, -0.25) is 0 Å². The molecule has 0 radical (unpaired) electrons. The number of fused-ring (bicyclic) bond motifs is 1. The predicted molar refractivity (Wildman–Crippen MR) is 117 cm³/mol. The van der Waals surface area contributed by atoms with Gasteiger partial charge in [-0.15, -0.1) is 0 Å². The number of hydrogen-bond donors (Lipinski definition) is 0. The summed E-state index contributed by atoms with van der Waals surface area (Å²) < 4.78 is 6.13. The van der Waals surface area contributed by atoms with Crippen molar-refractivity contribution in [3.05, 3.63) is 89.5 Å². The number of benzene rings is 3. The first-order valence-electron chi connectivity index (χ1n) is 10.2. The molecule has 0 heterocycles. The monoisotopic (exact) mass is 371 g/mol. The molecule has 2 nitrogen and oxygen atoms in total. The average molecular weight is 372 g/mol. The van der Waals surface area contributed by atoms with Crippen LogP contribution in [-0.2, 0) is 13.0 Å². The Morgan fingerprint density at radius 2 is 1.61 bits per heavy atom. The van der Waals surface area contributed by atoms with Gasteiger partial charge in [-0.05, 0) is 72.8 Å². The van der Waals surface area contributed by atoms with E-state index in [-0.39, 0.29) is 0 Å². The lowest BCUT2D eigenvalue weighted by molar-refractivity contribution is 0.236. The minimum Gasteiger partial charge on any atom is -0.489 e. The van der Waals surface area contributed by atoms with Gasteiger partial charge in [-0.25, -0.2) is 0 Å². The van der Waals surface area contributed by atoms with Crippen LogP contribution in [0.1, 0.15) is 36.0 Å². The van der Waals surface area contributed by atoms with Crippen LogP contribution in [0.4, 0.5) is 0 Å². The van der Waals surface area contributed by atoms with Gasteiger partial charge < -0.3 is 9.64 Å². The van der Waals surface area contributed by atoms with Crippen molar-refractivity contribution < 1.29 is 4.74 Å². The molecule has 3 aromatic rings. The lowest BCUT2D eigenvalue weighted by Gasteiger charge is -2.36. The summed E-state index contributed by atoms with van der Waals surface area (Å²) in [6, 6.07) is 26.4. The van der Waals surface area contributed by atoms with Crippen LogP contribution in [0.5, 0.6) is 5.75 Å². The third-order valence-electron chi connectivity index (χ3n) is 6.02. The highest BCUT2D eigenvalue weighted by Crippen LogP contribution is 2.36. The highest BCUT2D eigenvalue weighted by molar-refractivity contribution is 5.63. The number of likely N-dealkylation sites (N-methyl/N-ethyl adjacent to an activating group) is 1. The summed E-state index contributed by atoms with van der Waals surface area (Å²) in [4.78, 5) is 2.36. The molecule has 0 saturated heterocycles. The molecule has 3 aromatic carbocycles. The van der Waals surface area contributed by atoms with E-state index in [1.54, 1.807) is 0 Å². The minimum absolute atomic E-state index is 0.535. The van der Waals surface area contributed by atoms with E-state index >= 15 is 0 Å². The number of aryl methyl sites for hydroxylation is 1. The largest absolute Gasteiger partial charge is 0.489 e. The van der Waals surface area contributed by atoms with Gasteiger partial charge in [-0.2, -0.15) is 0 Å². The van der Waals surface area contributed by atoms with E-state index in [0.717, 1.165) is 12.2 Å². The van der Waals surface area contributed by atoms with Gasteiger partial charge in [0.2, 0.25) is 0 Å². The summed E-state index contributed by atoms with van der Waals surface area (Å²) in [5.41, 5.74) is 6.60. The summed E-state index contributed by atoms with van der Waals surface area (Å²) in [5.74, 6) is 1.50. The molecule has 0 saturated carbocycles. The highest BCUT2D eigenvalue weighted by atomic mass is 16.5. The fourth-order valence-corrected chi connectivity index (χ4v) is 4.37. The molecule has 1 aliphatic rings. The first-order valence-corrected chi connectivity index (χ1v) is 10.2. The Bertz CT molecular complexity index is 915. The highest BCUT2D eigenvalue weighted by Gasteiger charge is 2.27. The van der Waals surface area contributed by atoms with Crippen molar-refractivity contribution >= 4 is 0 Å². The van der Waals surface area contributed by atoms with E-state index in [9.17, 15) is 0 Å². The zero-order valence-electron chi connectivity index (χ0n) is 17.1. The molecule has 2 heteroatoms. The van der Waals surface area contributed by atoms with Crippen molar-refractivity contribution in [3.63, 3.8) is 0 Å². The number of hydrogen-bond acceptors (Lipinski definition) is 2. The Hall–Kier alpha value is -2.58. The van der Waals surface area contributed by atoms with Crippen molar-refractivity contribution in [2.45, 2.75) is 38.3 Å². The van der Waals surface area contributed by atoms with Crippen LogP contribution < -0.4 is 4.74 Å². The zero-order chi connectivity index (χ0) is 19.5. The number of nitrogens with zero attached hydrogens (tertiary/aromatic N) is 1. The summed E-state index contributed by atoms with van der Waals surface area (Å²) in [6.45, 7) is 2.94. The van der Waals surface area contributed by atoms with Gasteiger partial charge >= 0.3 is 0 Å². The zero-order valence-corrected chi connectivity index (χ0v) is 17.1. The maximum atomic E-state index is 6.13. The average Bonchev–Trinajstić information content (AvgIpc) is 2.73. The molecular formula is C26H29NO. The lowest BCUT2D eigenvalue weighted by atomic mass is 9.80. The normalized spacial score (nSPS) is 18.7. The molecule has 28 heavy (non-hydrogen) atoms. The lowest BCUT2D eigenvalue weighted by Crippen LogP contribution is -2.36. The molecule has 1 aliphatic carbocycles. The van der Waals surface area contributed by atoms with Crippen LogP contribution in [0.15, 0.2) is 72.8 Å². The second-order valence-corrected chi connectivity index (χ2v) is 8.07. The number of ether oxygens (including phenoxy) is 1. The number of rotatable bonds is 5. The summed E-state index contributed by atoms with van der Waals surface area (Å²) in [7, 11) is 4.37. The van der Waals surface area contributed by atoms with Crippen LogP contribution in [0.3, 0.4) is 0 Å². The molecule has 0 amide bonds. The van der Waals surface area contributed by atoms with E-state index in [1.165, 1.54) is 34.2 Å².